The SMILES string of the molecule is CNCCC1CCN(S(=O)(=O)c2ccc([N+](=O)[O-])cc2OC)CC1. The van der Waals surface area contributed by atoms with E-state index in [9.17, 15) is 18.5 Å². The number of hydrogen-bond acceptors (Lipinski definition) is 6. The lowest BCUT2D eigenvalue weighted by molar-refractivity contribution is -0.385. The predicted octanol–water partition coefficient (Wildman–Crippen LogP) is 1.61. The van der Waals surface area contributed by atoms with Crippen molar-refractivity contribution < 1.29 is 18.1 Å². The van der Waals surface area contributed by atoms with E-state index < -0.39 is 14.9 Å². The van der Waals surface area contributed by atoms with Crippen molar-refractivity contribution in [1.29, 1.82) is 0 Å². The Kier molecular flexibility index (Phi) is 6.14. The summed E-state index contributed by atoms with van der Waals surface area (Å²) in [5.74, 6) is 0.518. The Hall–Kier alpha value is -1.71. The molecule has 0 unspecified atom stereocenters. The van der Waals surface area contributed by atoms with Crippen LogP contribution in [0, 0.1) is 16.0 Å². The maximum atomic E-state index is 12.8. The van der Waals surface area contributed by atoms with Crippen LogP contribution in [0.25, 0.3) is 0 Å². The zero-order valence-corrected chi connectivity index (χ0v) is 14.7. The molecule has 0 aliphatic carbocycles. The number of sulfonamides is 1. The van der Waals surface area contributed by atoms with E-state index in [1.807, 2.05) is 7.05 Å². The van der Waals surface area contributed by atoms with Gasteiger partial charge in [0.2, 0.25) is 10.0 Å². The summed E-state index contributed by atoms with van der Waals surface area (Å²) in [4.78, 5) is 10.2. The lowest BCUT2D eigenvalue weighted by Crippen LogP contribution is -2.39. The molecule has 0 aromatic heterocycles. The van der Waals surface area contributed by atoms with Crippen LogP contribution in [0.3, 0.4) is 0 Å². The number of piperidine rings is 1. The summed E-state index contributed by atoms with van der Waals surface area (Å²) >= 11 is 0. The van der Waals surface area contributed by atoms with Crippen molar-refractivity contribution in [2.24, 2.45) is 5.92 Å². The zero-order valence-electron chi connectivity index (χ0n) is 13.9. The maximum absolute atomic E-state index is 12.8. The number of methoxy groups -OCH3 is 1. The van der Waals surface area contributed by atoms with Crippen molar-refractivity contribution in [3.63, 3.8) is 0 Å². The van der Waals surface area contributed by atoms with Crippen molar-refractivity contribution in [2.75, 3.05) is 33.8 Å². The minimum absolute atomic E-state index is 0.00139. The van der Waals surface area contributed by atoms with Crippen molar-refractivity contribution in [2.45, 2.75) is 24.2 Å². The van der Waals surface area contributed by atoms with E-state index in [2.05, 4.69) is 5.32 Å². The van der Waals surface area contributed by atoms with Gasteiger partial charge in [0.15, 0.2) is 0 Å². The summed E-state index contributed by atoms with van der Waals surface area (Å²) in [6.45, 7) is 1.83. The Morgan fingerprint density at radius 2 is 2.04 bits per heavy atom. The Bertz CT molecular complexity index is 684. The third-order valence-corrected chi connectivity index (χ3v) is 6.29. The fraction of sp³-hybridized carbons (Fsp3) is 0.600. The number of nitro groups is 1. The third kappa shape index (κ3) is 4.03. The van der Waals surface area contributed by atoms with Crippen molar-refractivity contribution in [3.8, 4) is 5.75 Å². The molecule has 1 N–H and O–H groups in total. The van der Waals surface area contributed by atoms with Gasteiger partial charge in [-0.2, -0.15) is 4.31 Å². The molecular formula is C15H23N3O5S. The molecule has 0 amide bonds. The quantitative estimate of drug-likeness (QED) is 0.588. The first-order valence-electron chi connectivity index (χ1n) is 7.87. The van der Waals surface area contributed by atoms with Gasteiger partial charge in [-0.15, -0.1) is 0 Å². The molecule has 1 saturated heterocycles. The first-order chi connectivity index (χ1) is 11.4. The molecule has 0 saturated carbocycles. The summed E-state index contributed by atoms with van der Waals surface area (Å²) in [6.07, 6.45) is 2.66. The molecule has 1 heterocycles. The van der Waals surface area contributed by atoms with E-state index in [-0.39, 0.29) is 16.3 Å². The van der Waals surface area contributed by atoms with Crippen LogP contribution in [0.4, 0.5) is 5.69 Å². The van der Waals surface area contributed by atoms with Crippen LogP contribution < -0.4 is 10.1 Å². The molecule has 8 nitrogen and oxygen atoms in total. The first-order valence-corrected chi connectivity index (χ1v) is 9.31. The number of nitro benzene ring substituents is 1. The average Bonchev–Trinajstić information content (AvgIpc) is 2.59. The molecule has 134 valence electrons. The monoisotopic (exact) mass is 357 g/mol. The number of hydrogen-bond donors (Lipinski definition) is 1. The molecule has 24 heavy (non-hydrogen) atoms. The van der Waals surface area contributed by atoms with Crippen LogP contribution in [0.5, 0.6) is 5.75 Å². The topological polar surface area (TPSA) is 102 Å². The second kappa shape index (κ2) is 7.91. The van der Waals surface area contributed by atoms with Gasteiger partial charge in [0.25, 0.3) is 5.69 Å². The summed E-state index contributed by atoms with van der Waals surface area (Å²) in [5.41, 5.74) is -0.198. The fourth-order valence-corrected chi connectivity index (χ4v) is 4.52. The number of benzene rings is 1. The average molecular weight is 357 g/mol. The standard InChI is InChI=1S/C15H23N3O5S/c1-16-8-5-12-6-9-17(10-7-12)24(21,22)15-4-3-13(18(19)20)11-14(15)23-2/h3-4,11-12,16H,5-10H2,1-2H3. The van der Waals surface area contributed by atoms with Crippen molar-refractivity contribution >= 4 is 15.7 Å². The van der Waals surface area contributed by atoms with Gasteiger partial charge in [-0.1, -0.05) is 0 Å². The molecule has 2 rings (SSSR count). The number of non-ortho nitro benzene ring substituents is 1. The Labute approximate surface area is 142 Å². The highest BCUT2D eigenvalue weighted by Gasteiger charge is 2.32. The molecule has 1 aliphatic rings. The van der Waals surface area contributed by atoms with E-state index in [0.29, 0.717) is 19.0 Å². The van der Waals surface area contributed by atoms with Crippen molar-refractivity contribution in [1.82, 2.24) is 9.62 Å². The van der Waals surface area contributed by atoms with Crippen molar-refractivity contribution in [3.05, 3.63) is 28.3 Å². The molecule has 0 radical (unpaired) electrons. The fourth-order valence-electron chi connectivity index (χ4n) is 2.91. The first kappa shape index (κ1) is 18.6. The lowest BCUT2D eigenvalue weighted by atomic mass is 9.95. The van der Waals surface area contributed by atoms with Crippen LogP contribution in [0.1, 0.15) is 19.3 Å². The normalized spacial score (nSPS) is 16.9. The van der Waals surface area contributed by atoms with Gasteiger partial charge >= 0.3 is 0 Å². The summed E-state index contributed by atoms with van der Waals surface area (Å²) in [6, 6.07) is 3.58. The molecule has 0 bridgehead atoms. The third-order valence-electron chi connectivity index (χ3n) is 4.35. The number of nitrogens with zero attached hydrogens (tertiary/aromatic N) is 2. The van der Waals surface area contributed by atoms with Gasteiger partial charge < -0.3 is 10.1 Å². The van der Waals surface area contributed by atoms with Gasteiger partial charge in [0, 0.05) is 19.2 Å². The minimum atomic E-state index is -3.72. The van der Waals surface area contributed by atoms with Gasteiger partial charge in [-0.3, -0.25) is 10.1 Å². The summed E-state index contributed by atoms with van der Waals surface area (Å²) < 4.78 is 32.2. The molecular weight excluding hydrogens is 334 g/mol. The Balaban J connectivity index is 2.18. The van der Waals surface area contributed by atoms with Gasteiger partial charge in [0.1, 0.15) is 10.6 Å². The van der Waals surface area contributed by atoms with Gasteiger partial charge in [0.05, 0.1) is 18.1 Å². The number of ether oxygens (including phenoxy) is 1. The van der Waals surface area contributed by atoms with Crippen LogP contribution >= 0.6 is 0 Å². The second-order valence-corrected chi connectivity index (χ2v) is 7.74. The maximum Gasteiger partial charge on any atom is 0.273 e. The number of nitrogens with one attached hydrogen (secondary N) is 1. The summed E-state index contributed by atoms with van der Waals surface area (Å²) in [5, 5.41) is 13.9. The van der Waals surface area contributed by atoms with E-state index in [0.717, 1.165) is 31.9 Å². The molecule has 0 atom stereocenters. The largest absolute Gasteiger partial charge is 0.495 e. The Morgan fingerprint density at radius 3 is 2.58 bits per heavy atom. The van der Waals surface area contributed by atoms with Crippen LogP contribution in [0.2, 0.25) is 0 Å². The highest BCUT2D eigenvalue weighted by atomic mass is 32.2. The highest BCUT2D eigenvalue weighted by Crippen LogP contribution is 2.32. The van der Waals surface area contributed by atoms with Gasteiger partial charge in [-0.25, -0.2) is 8.42 Å². The second-order valence-electron chi connectivity index (χ2n) is 5.83. The van der Waals surface area contributed by atoms with Crippen LogP contribution in [0.15, 0.2) is 23.1 Å². The molecule has 9 heteroatoms. The van der Waals surface area contributed by atoms with Crippen LogP contribution in [-0.2, 0) is 10.0 Å². The Morgan fingerprint density at radius 1 is 1.38 bits per heavy atom. The number of rotatable bonds is 7. The molecule has 0 spiro atoms. The minimum Gasteiger partial charge on any atom is -0.495 e. The van der Waals surface area contributed by atoms with E-state index in [1.165, 1.54) is 23.5 Å². The summed E-state index contributed by atoms with van der Waals surface area (Å²) in [7, 11) is -0.510. The van der Waals surface area contributed by atoms with Gasteiger partial charge in [-0.05, 0) is 44.8 Å². The van der Waals surface area contributed by atoms with E-state index in [1.54, 1.807) is 0 Å². The highest BCUT2D eigenvalue weighted by molar-refractivity contribution is 7.89. The van der Waals surface area contributed by atoms with E-state index >= 15 is 0 Å². The van der Waals surface area contributed by atoms with E-state index in [4.69, 9.17) is 4.74 Å². The zero-order chi connectivity index (χ0) is 17.7. The lowest BCUT2D eigenvalue weighted by Gasteiger charge is -2.31. The predicted molar refractivity (Wildman–Crippen MR) is 89.7 cm³/mol. The molecule has 1 aliphatic heterocycles. The smallest absolute Gasteiger partial charge is 0.273 e. The van der Waals surface area contributed by atoms with Crippen LogP contribution in [-0.4, -0.2) is 51.4 Å². The molecule has 1 fully saturated rings. The molecule has 1 aromatic carbocycles. The molecule has 1 aromatic rings.